The van der Waals surface area contributed by atoms with Crippen molar-refractivity contribution in [1.82, 2.24) is 9.62 Å². The van der Waals surface area contributed by atoms with Crippen LogP contribution in [-0.2, 0) is 38.8 Å². The molecular formula is C33H41ClN4O6S2. The van der Waals surface area contributed by atoms with Gasteiger partial charge in [-0.1, -0.05) is 48.7 Å². The first kappa shape index (κ1) is 34.2. The van der Waals surface area contributed by atoms with Gasteiger partial charge < -0.3 is 15.7 Å². The lowest BCUT2D eigenvalue weighted by Crippen LogP contribution is -2.38. The van der Waals surface area contributed by atoms with Gasteiger partial charge in [0.25, 0.3) is 0 Å². The lowest BCUT2D eigenvalue weighted by atomic mass is 9.91. The van der Waals surface area contributed by atoms with Crippen molar-refractivity contribution in [2.24, 2.45) is 5.92 Å². The molecule has 1 aliphatic heterocycles. The van der Waals surface area contributed by atoms with Crippen LogP contribution in [0.4, 0.5) is 11.4 Å². The number of benzene rings is 3. The molecule has 0 aromatic heterocycles. The second-order valence-corrected chi connectivity index (χ2v) is 16.2. The van der Waals surface area contributed by atoms with Crippen molar-refractivity contribution in [1.29, 1.82) is 0 Å². The predicted octanol–water partition coefficient (Wildman–Crippen LogP) is 5.70. The Bertz CT molecular complexity index is 1760. The summed E-state index contributed by atoms with van der Waals surface area (Å²) < 4.78 is 60.5. The molecule has 3 aromatic carbocycles. The third kappa shape index (κ3) is 8.40. The fourth-order valence-corrected chi connectivity index (χ4v) is 9.67. The summed E-state index contributed by atoms with van der Waals surface area (Å²) in [6.45, 7) is 1.96. The number of hydrogen-bond acceptors (Lipinski definition) is 7. The molecule has 0 atom stereocenters. The molecule has 0 unspecified atom stereocenters. The Morgan fingerprint density at radius 2 is 1.54 bits per heavy atom. The van der Waals surface area contributed by atoms with Crippen LogP contribution in [0, 0.1) is 5.92 Å². The topological polar surface area (TPSA) is 145 Å². The van der Waals surface area contributed by atoms with Crippen LogP contribution in [0.15, 0.2) is 65.6 Å². The van der Waals surface area contributed by atoms with E-state index in [4.69, 9.17) is 11.6 Å². The van der Waals surface area contributed by atoms with E-state index in [9.17, 15) is 26.7 Å². The minimum absolute atomic E-state index is 0.0100. The van der Waals surface area contributed by atoms with Gasteiger partial charge in [-0.05, 0) is 104 Å². The average molecular weight is 689 g/mol. The van der Waals surface area contributed by atoms with E-state index in [1.807, 2.05) is 12.1 Å². The monoisotopic (exact) mass is 688 g/mol. The van der Waals surface area contributed by atoms with E-state index < -0.39 is 31.8 Å². The van der Waals surface area contributed by atoms with Crippen molar-refractivity contribution in [3.63, 3.8) is 0 Å². The SMILES string of the molecule is CNc1cc(CS(=O)(=O)Nc2ccc(CC3CCNCC3)cc2S(=O)(=O)N(Cc2ccc(Cl)cc2)C2CCCC2)ccc1C(=O)O. The van der Waals surface area contributed by atoms with Crippen LogP contribution in [0.3, 0.4) is 0 Å². The summed E-state index contributed by atoms with van der Waals surface area (Å²) in [5.74, 6) is -1.22. The predicted molar refractivity (Wildman–Crippen MR) is 181 cm³/mol. The maximum atomic E-state index is 14.7. The summed E-state index contributed by atoms with van der Waals surface area (Å²) in [4.78, 5) is 11.5. The number of nitrogens with one attached hydrogen (secondary N) is 3. The number of rotatable bonds is 13. The van der Waals surface area contributed by atoms with E-state index in [-0.39, 0.29) is 34.4 Å². The third-order valence-corrected chi connectivity index (χ3v) is 12.2. The number of carboxylic acids is 1. The Kier molecular flexibility index (Phi) is 10.9. The zero-order valence-corrected chi connectivity index (χ0v) is 28.2. The molecule has 46 heavy (non-hydrogen) atoms. The number of anilines is 2. The minimum atomic E-state index is -4.17. The first-order chi connectivity index (χ1) is 21.9. The average Bonchev–Trinajstić information content (AvgIpc) is 3.56. The zero-order valence-electron chi connectivity index (χ0n) is 25.8. The molecule has 2 aliphatic rings. The van der Waals surface area contributed by atoms with E-state index in [1.54, 1.807) is 37.4 Å². The van der Waals surface area contributed by atoms with Crippen LogP contribution in [-0.4, -0.2) is 58.4 Å². The number of hydrogen-bond donors (Lipinski definition) is 4. The van der Waals surface area contributed by atoms with Crippen molar-refractivity contribution in [2.75, 3.05) is 30.2 Å². The number of halogens is 1. The van der Waals surface area contributed by atoms with Gasteiger partial charge in [0.15, 0.2) is 0 Å². The van der Waals surface area contributed by atoms with Crippen molar-refractivity contribution < 1.29 is 26.7 Å². The molecule has 4 N–H and O–H groups in total. The molecule has 1 saturated carbocycles. The molecule has 5 rings (SSSR count). The molecule has 0 amide bonds. The van der Waals surface area contributed by atoms with Crippen molar-refractivity contribution in [3.8, 4) is 0 Å². The number of nitrogens with zero attached hydrogens (tertiary/aromatic N) is 1. The first-order valence-corrected chi connectivity index (χ1v) is 19.1. The highest BCUT2D eigenvalue weighted by Gasteiger charge is 2.36. The fraction of sp³-hybridized carbons (Fsp3) is 0.424. The van der Waals surface area contributed by atoms with Gasteiger partial charge >= 0.3 is 5.97 Å². The van der Waals surface area contributed by atoms with Gasteiger partial charge in [-0.2, -0.15) is 4.31 Å². The van der Waals surface area contributed by atoms with Crippen LogP contribution in [0.2, 0.25) is 5.02 Å². The maximum Gasteiger partial charge on any atom is 0.337 e. The molecule has 0 radical (unpaired) electrons. The summed E-state index contributed by atoms with van der Waals surface area (Å²) in [6, 6.07) is 16.1. The Labute approximate surface area is 276 Å². The normalized spacial score (nSPS) is 16.5. The zero-order chi connectivity index (χ0) is 32.9. The maximum absolute atomic E-state index is 14.7. The first-order valence-electron chi connectivity index (χ1n) is 15.6. The van der Waals surface area contributed by atoms with Gasteiger partial charge in [-0.15, -0.1) is 0 Å². The number of carbonyl (C=O) groups is 1. The van der Waals surface area contributed by atoms with E-state index in [0.29, 0.717) is 22.9 Å². The summed E-state index contributed by atoms with van der Waals surface area (Å²) in [7, 11) is -6.72. The molecule has 13 heteroatoms. The quantitative estimate of drug-likeness (QED) is 0.179. The molecule has 0 spiro atoms. The van der Waals surface area contributed by atoms with Crippen LogP contribution >= 0.6 is 11.6 Å². The molecule has 0 bridgehead atoms. The highest BCUT2D eigenvalue weighted by atomic mass is 35.5. The number of sulfonamides is 2. The van der Waals surface area contributed by atoms with Crippen LogP contribution in [0.25, 0.3) is 0 Å². The van der Waals surface area contributed by atoms with E-state index in [0.717, 1.165) is 62.7 Å². The highest BCUT2D eigenvalue weighted by molar-refractivity contribution is 7.92. The molecule has 3 aromatic rings. The van der Waals surface area contributed by atoms with Gasteiger partial charge in [-0.25, -0.2) is 21.6 Å². The lowest BCUT2D eigenvalue weighted by molar-refractivity contribution is 0.0698. The molecule has 1 heterocycles. The van der Waals surface area contributed by atoms with Crippen LogP contribution in [0.1, 0.15) is 65.6 Å². The molecule has 248 valence electrons. The standard InChI is InChI=1S/C33H41ClN4O6S2/c1-35-31-19-26(8-12-29(31)33(39)40)22-45(41,42)37-30-13-9-25(18-23-14-16-36-17-15-23)20-32(30)46(43,44)38(28-4-2-3-5-28)21-24-6-10-27(34)11-7-24/h6-13,19-20,23,28,35-37H,2-5,14-18,21-22H2,1H3,(H,39,40). The van der Waals surface area contributed by atoms with E-state index in [2.05, 4.69) is 15.4 Å². The third-order valence-electron chi connectivity index (χ3n) is 8.81. The Morgan fingerprint density at radius 3 is 2.20 bits per heavy atom. The van der Waals surface area contributed by atoms with Crippen molar-refractivity contribution in [3.05, 3.63) is 87.9 Å². The Hall–Kier alpha value is -3.16. The smallest absolute Gasteiger partial charge is 0.337 e. The van der Waals surface area contributed by atoms with Crippen molar-refractivity contribution >= 4 is 49.0 Å². The second-order valence-electron chi connectivity index (χ2n) is 12.1. The van der Waals surface area contributed by atoms with Crippen LogP contribution in [0.5, 0.6) is 0 Å². The Balaban J connectivity index is 1.51. The summed E-state index contributed by atoms with van der Waals surface area (Å²) in [6.07, 6.45) is 5.95. The van der Waals surface area contributed by atoms with Gasteiger partial charge in [0.2, 0.25) is 20.0 Å². The molecule has 1 saturated heterocycles. The summed E-state index contributed by atoms with van der Waals surface area (Å²) in [5.41, 5.74) is 2.27. The lowest BCUT2D eigenvalue weighted by Gasteiger charge is -2.30. The number of aromatic carboxylic acids is 1. The van der Waals surface area contributed by atoms with Crippen LogP contribution < -0.4 is 15.4 Å². The molecular weight excluding hydrogens is 648 g/mol. The van der Waals surface area contributed by atoms with E-state index >= 15 is 0 Å². The Morgan fingerprint density at radius 1 is 0.891 bits per heavy atom. The molecule has 1 aliphatic carbocycles. The van der Waals surface area contributed by atoms with Gasteiger partial charge in [0, 0.05) is 30.3 Å². The van der Waals surface area contributed by atoms with Crippen molar-refractivity contribution in [2.45, 2.75) is 68.2 Å². The number of piperidine rings is 1. The van der Waals surface area contributed by atoms with Gasteiger partial charge in [-0.3, -0.25) is 4.72 Å². The van der Waals surface area contributed by atoms with Gasteiger partial charge in [0.1, 0.15) is 4.90 Å². The minimum Gasteiger partial charge on any atom is -0.478 e. The molecule has 2 fully saturated rings. The second kappa shape index (κ2) is 14.7. The number of carboxylic acid groups (broad SMARTS) is 1. The highest BCUT2D eigenvalue weighted by Crippen LogP contribution is 2.35. The molecule has 10 nitrogen and oxygen atoms in total. The van der Waals surface area contributed by atoms with Gasteiger partial charge in [0.05, 0.1) is 17.0 Å². The summed E-state index contributed by atoms with van der Waals surface area (Å²) in [5, 5.41) is 16.1. The van der Waals surface area contributed by atoms with E-state index in [1.165, 1.54) is 22.5 Å². The fourth-order valence-electron chi connectivity index (χ4n) is 6.41. The summed E-state index contributed by atoms with van der Waals surface area (Å²) >= 11 is 6.11. The largest absolute Gasteiger partial charge is 0.478 e.